The van der Waals surface area contributed by atoms with Crippen molar-refractivity contribution in [2.45, 2.75) is 39.8 Å². The number of unbranched alkanes of at least 4 members (excludes halogenated alkanes) is 1. The molecule has 0 radical (unpaired) electrons. The maximum absolute atomic E-state index is 4.76. The molecule has 0 fully saturated rings. The van der Waals surface area contributed by atoms with E-state index in [1.54, 1.807) is 12.5 Å². The Hall–Kier alpha value is -3.15. The highest BCUT2D eigenvalue weighted by atomic mass is 15.2. The Morgan fingerprint density at radius 2 is 1.93 bits per heavy atom. The van der Waals surface area contributed by atoms with Crippen molar-refractivity contribution >= 4 is 5.96 Å². The first-order valence-electron chi connectivity index (χ1n) is 9.75. The van der Waals surface area contributed by atoms with Crippen molar-refractivity contribution in [3.8, 4) is 5.82 Å². The maximum atomic E-state index is 4.76. The van der Waals surface area contributed by atoms with Crippen LogP contribution in [0, 0.1) is 6.92 Å². The van der Waals surface area contributed by atoms with Crippen LogP contribution in [0.25, 0.3) is 5.82 Å². The number of nitrogens with zero attached hydrogens (tertiary/aromatic N) is 4. The molecule has 3 aromatic rings. The van der Waals surface area contributed by atoms with Gasteiger partial charge in [-0.25, -0.2) is 15.0 Å². The zero-order valence-electron chi connectivity index (χ0n) is 16.6. The molecule has 6 nitrogen and oxygen atoms in total. The van der Waals surface area contributed by atoms with Gasteiger partial charge in [-0.15, -0.1) is 0 Å². The lowest BCUT2D eigenvalue weighted by Gasteiger charge is -2.13. The molecular formula is C22H28N6. The highest BCUT2D eigenvalue weighted by Gasteiger charge is 2.02. The molecule has 1 aromatic carbocycles. The number of hydrogen-bond acceptors (Lipinski definition) is 3. The molecule has 0 bridgehead atoms. The van der Waals surface area contributed by atoms with Crippen molar-refractivity contribution in [3.63, 3.8) is 0 Å². The molecule has 3 rings (SSSR count). The molecule has 0 saturated carbocycles. The van der Waals surface area contributed by atoms with Crippen LogP contribution in [0.5, 0.6) is 0 Å². The summed E-state index contributed by atoms with van der Waals surface area (Å²) in [5, 5.41) is 6.86. The predicted octanol–water partition coefficient (Wildman–Crippen LogP) is 3.61. The molecule has 0 aliphatic rings. The van der Waals surface area contributed by atoms with Gasteiger partial charge in [0.05, 0.1) is 6.54 Å². The molecule has 0 saturated heterocycles. The minimum Gasteiger partial charge on any atom is -0.356 e. The molecule has 28 heavy (non-hydrogen) atoms. The lowest BCUT2D eigenvalue weighted by atomic mass is 10.1. The van der Waals surface area contributed by atoms with Gasteiger partial charge in [-0.1, -0.05) is 43.2 Å². The second kappa shape index (κ2) is 10.3. The number of aryl methyl sites for hydroxylation is 1. The average molecular weight is 377 g/mol. The Morgan fingerprint density at radius 3 is 2.68 bits per heavy atom. The SMILES string of the molecule is CCCCNC(=NCc1ccnc(-n2ccnc2)c1)NCc1ccc(C)cc1. The minimum absolute atomic E-state index is 0.583. The zero-order valence-corrected chi connectivity index (χ0v) is 16.6. The second-order valence-corrected chi connectivity index (χ2v) is 6.78. The summed E-state index contributed by atoms with van der Waals surface area (Å²) in [7, 11) is 0. The van der Waals surface area contributed by atoms with E-state index in [1.807, 2.05) is 29.1 Å². The van der Waals surface area contributed by atoms with Crippen LogP contribution in [0.3, 0.4) is 0 Å². The molecule has 146 valence electrons. The van der Waals surface area contributed by atoms with Crippen molar-refractivity contribution in [2.75, 3.05) is 6.54 Å². The van der Waals surface area contributed by atoms with Gasteiger partial charge in [-0.2, -0.15) is 0 Å². The van der Waals surface area contributed by atoms with Gasteiger partial charge < -0.3 is 10.6 Å². The van der Waals surface area contributed by atoms with E-state index in [1.165, 1.54) is 11.1 Å². The number of aliphatic imine (C=N–C) groups is 1. The van der Waals surface area contributed by atoms with E-state index in [0.717, 1.165) is 43.3 Å². The molecule has 6 heteroatoms. The Labute approximate surface area is 166 Å². The van der Waals surface area contributed by atoms with Crippen LogP contribution in [-0.2, 0) is 13.1 Å². The molecule has 2 N–H and O–H groups in total. The number of aromatic nitrogens is 3. The molecule has 2 aromatic heterocycles. The van der Waals surface area contributed by atoms with Crippen molar-refractivity contribution < 1.29 is 0 Å². The minimum atomic E-state index is 0.583. The third kappa shape index (κ3) is 5.94. The number of hydrogen-bond donors (Lipinski definition) is 2. The Balaban J connectivity index is 1.66. The van der Waals surface area contributed by atoms with E-state index in [4.69, 9.17) is 4.99 Å². The molecule has 0 aliphatic heterocycles. The average Bonchev–Trinajstić information content (AvgIpc) is 3.26. The summed E-state index contributed by atoms with van der Waals surface area (Å²) in [6, 6.07) is 12.6. The van der Waals surface area contributed by atoms with Gasteiger partial charge in [0.2, 0.25) is 0 Å². The number of imidazole rings is 1. The Morgan fingerprint density at radius 1 is 1.07 bits per heavy atom. The van der Waals surface area contributed by atoms with Gasteiger partial charge in [0, 0.05) is 31.7 Å². The second-order valence-electron chi connectivity index (χ2n) is 6.78. The third-order valence-corrected chi connectivity index (χ3v) is 4.40. The van der Waals surface area contributed by atoms with Crippen LogP contribution >= 0.6 is 0 Å². The maximum Gasteiger partial charge on any atom is 0.191 e. The molecule has 0 atom stereocenters. The topological polar surface area (TPSA) is 67.1 Å². The summed E-state index contributed by atoms with van der Waals surface area (Å²) in [4.78, 5) is 13.2. The first-order chi connectivity index (χ1) is 13.7. The summed E-state index contributed by atoms with van der Waals surface area (Å²) in [6.45, 7) is 6.53. The van der Waals surface area contributed by atoms with E-state index in [0.29, 0.717) is 6.54 Å². The summed E-state index contributed by atoms with van der Waals surface area (Å²) in [5.41, 5.74) is 3.61. The fraction of sp³-hybridized carbons (Fsp3) is 0.318. The Bertz CT molecular complexity index is 868. The fourth-order valence-electron chi connectivity index (χ4n) is 2.71. The van der Waals surface area contributed by atoms with Gasteiger partial charge in [0.25, 0.3) is 0 Å². The fourth-order valence-corrected chi connectivity index (χ4v) is 2.71. The smallest absolute Gasteiger partial charge is 0.191 e. The third-order valence-electron chi connectivity index (χ3n) is 4.40. The molecule has 2 heterocycles. The van der Waals surface area contributed by atoms with E-state index in [-0.39, 0.29) is 0 Å². The summed E-state index contributed by atoms with van der Waals surface area (Å²) in [5.74, 6) is 1.67. The highest BCUT2D eigenvalue weighted by molar-refractivity contribution is 5.79. The molecule has 0 amide bonds. The molecule has 0 aliphatic carbocycles. The quantitative estimate of drug-likeness (QED) is 0.358. The van der Waals surface area contributed by atoms with Gasteiger partial charge in [-0.3, -0.25) is 4.57 Å². The number of nitrogens with one attached hydrogen (secondary N) is 2. The van der Waals surface area contributed by atoms with Crippen LogP contribution in [0.1, 0.15) is 36.5 Å². The van der Waals surface area contributed by atoms with Crippen LogP contribution in [0.15, 0.2) is 66.3 Å². The Kier molecular flexibility index (Phi) is 7.18. The van der Waals surface area contributed by atoms with Crippen molar-refractivity contribution in [3.05, 3.63) is 78.0 Å². The van der Waals surface area contributed by atoms with Crippen LogP contribution < -0.4 is 10.6 Å². The van der Waals surface area contributed by atoms with Crippen LogP contribution in [0.2, 0.25) is 0 Å². The van der Waals surface area contributed by atoms with E-state index >= 15 is 0 Å². The highest BCUT2D eigenvalue weighted by Crippen LogP contribution is 2.08. The molecule has 0 unspecified atom stereocenters. The first kappa shape index (κ1) is 19.6. The normalized spacial score (nSPS) is 11.4. The lowest BCUT2D eigenvalue weighted by molar-refractivity contribution is 0.724. The molecular weight excluding hydrogens is 348 g/mol. The van der Waals surface area contributed by atoms with Crippen molar-refractivity contribution in [1.82, 2.24) is 25.2 Å². The number of guanidine groups is 1. The largest absolute Gasteiger partial charge is 0.356 e. The van der Waals surface area contributed by atoms with Gasteiger partial charge in [0.1, 0.15) is 12.1 Å². The van der Waals surface area contributed by atoms with E-state index < -0.39 is 0 Å². The molecule has 0 spiro atoms. The number of rotatable bonds is 8. The first-order valence-corrected chi connectivity index (χ1v) is 9.75. The van der Waals surface area contributed by atoms with Crippen LogP contribution in [-0.4, -0.2) is 27.0 Å². The lowest BCUT2D eigenvalue weighted by Crippen LogP contribution is -2.37. The van der Waals surface area contributed by atoms with Gasteiger partial charge in [-0.05, 0) is 36.6 Å². The zero-order chi connectivity index (χ0) is 19.6. The van der Waals surface area contributed by atoms with E-state index in [2.05, 4.69) is 58.7 Å². The van der Waals surface area contributed by atoms with Crippen molar-refractivity contribution in [2.24, 2.45) is 4.99 Å². The predicted molar refractivity (Wildman–Crippen MR) is 113 cm³/mol. The summed E-state index contributed by atoms with van der Waals surface area (Å²) < 4.78 is 1.89. The van der Waals surface area contributed by atoms with Crippen molar-refractivity contribution in [1.29, 1.82) is 0 Å². The summed E-state index contributed by atoms with van der Waals surface area (Å²) in [6.07, 6.45) is 9.45. The standard InChI is InChI=1S/C22H28N6/c1-3-4-10-25-22(26-15-19-7-5-18(2)6-8-19)27-16-20-9-11-24-21(14-20)28-13-12-23-17-28/h5-9,11-14,17H,3-4,10,15-16H2,1-2H3,(H2,25,26,27). The summed E-state index contributed by atoms with van der Waals surface area (Å²) >= 11 is 0. The number of pyridine rings is 1. The van der Waals surface area contributed by atoms with Crippen LogP contribution in [0.4, 0.5) is 0 Å². The van der Waals surface area contributed by atoms with Gasteiger partial charge in [0.15, 0.2) is 5.96 Å². The number of benzene rings is 1. The van der Waals surface area contributed by atoms with E-state index in [9.17, 15) is 0 Å². The monoisotopic (exact) mass is 376 g/mol. The van der Waals surface area contributed by atoms with Gasteiger partial charge >= 0.3 is 0 Å².